The fourth-order valence-electron chi connectivity index (χ4n) is 4.03. The molecule has 0 aliphatic heterocycles. The van der Waals surface area contributed by atoms with Crippen LogP contribution in [-0.4, -0.2) is 29.2 Å². The van der Waals surface area contributed by atoms with Crippen LogP contribution in [0.5, 0.6) is 5.75 Å². The first kappa shape index (κ1) is 24.7. The van der Waals surface area contributed by atoms with E-state index >= 15 is 0 Å². The Morgan fingerprint density at radius 2 is 1.58 bits per heavy atom. The van der Waals surface area contributed by atoms with Gasteiger partial charge in [-0.15, -0.1) is 0 Å². The van der Waals surface area contributed by atoms with Crippen LogP contribution < -0.4 is 15.6 Å². The van der Waals surface area contributed by atoms with E-state index in [9.17, 15) is 14.4 Å². The molecule has 3 aromatic carbocycles. The highest BCUT2D eigenvalue weighted by molar-refractivity contribution is 6.07. The Hall–Kier alpha value is -4.39. The summed E-state index contributed by atoms with van der Waals surface area (Å²) >= 11 is 0. The van der Waals surface area contributed by atoms with E-state index in [0.717, 1.165) is 11.1 Å². The maximum absolute atomic E-state index is 13.4. The fraction of sp³-hybridized carbons (Fsp3) is 0.207. The summed E-state index contributed by atoms with van der Waals surface area (Å²) in [7, 11) is 1.54. The lowest BCUT2D eigenvalue weighted by molar-refractivity contribution is -0.123. The topological polar surface area (TPSA) is 86.6 Å². The largest absolute Gasteiger partial charge is 0.494 e. The Kier molecular flexibility index (Phi) is 7.20. The predicted octanol–water partition coefficient (Wildman–Crippen LogP) is 5.10. The van der Waals surface area contributed by atoms with E-state index in [1.165, 1.54) is 18.5 Å². The lowest BCUT2D eigenvalue weighted by atomic mass is 9.96. The van der Waals surface area contributed by atoms with Crippen molar-refractivity contribution in [3.63, 3.8) is 0 Å². The molecule has 184 valence electrons. The molecule has 7 nitrogen and oxygen atoms in total. The van der Waals surface area contributed by atoms with Crippen LogP contribution in [0.1, 0.15) is 29.9 Å². The third kappa shape index (κ3) is 5.00. The average molecular weight is 485 g/mol. The summed E-state index contributed by atoms with van der Waals surface area (Å²) in [5.41, 5.74) is 2.73. The van der Waals surface area contributed by atoms with E-state index in [0.29, 0.717) is 34.4 Å². The van der Waals surface area contributed by atoms with Gasteiger partial charge < -0.3 is 19.4 Å². The van der Waals surface area contributed by atoms with Crippen LogP contribution in [0.3, 0.4) is 0 Å². The van der Waals surface area contributed by atoms with E-state index in [1.807, 2.05) is 50.2 Å². The molecule has 4 rings (SSSR count). The van der Waals surface area contributed by atoms with E-state index in [-0.39, 0.29) is 11.3 Å². The molecule has 0 aliphatic rings. The van der Waals surface area contributed by atoms with Crippen LogP contribution in [0, 0.1) is 6.92 Å². The number of fused-ring (bicyclic) bond motifs is 1. The molecular weight excluding hydrogens is 456 g/mol. The van der Waals surface area contributed by atoms with Crippen molar-refractivity contribution in [2.45, 2.75) is 26.9 Å². The Labute approximate surface area is 209 Å². The van der Waals surface area contributed by atoms with Crippen molar-refractivity contribution in [3.05, 3.63) is 94.4 Å². The number of amides is 1. The molecule has 1 heterocycles. The van der Waals surface area contributed by atoms with Gasteiger partial charge in [-0.2, -0.15) is 0 Å². The van der Waals surface area contributed by atoms with Crippen molar-refractivity contribution in [2.75, 3.05) is 11.9 Å². The van der Waals surface area contributed by atoms with Gasteiger partial charge in [0.25, 0.3) is 11.5 Å². The highest BCUT2D eigenvalue weighted by Gasteiger charge is 2.26. The molecular formula is C29H28N2O5. The van der Waals surface area contributed by atoms with Gasteiger partial charge >= 0.3 is 5.97 Å². The molecule has 0 fully saturated rings. The summed E-state index contributed by atoms with van der Waals surface area (Å²) < 4.78 is 12.3. The monoisotopic (exact) mass is 484 g/mol. The van der Waals surface area contributed by atoms with Crippen molar-refractivity contribution in [1.82, 2.24) is 4.57 Å². The molecule has 7 heteroatoms. The molecule has 0 saturated carbocycles. The van der Waals surface area contributed by atoms with Crippen LogP contribution in [0.25, 0.3) is 21.9 Å². The highest BCUT2D eigenvalue weighted by Crippen LogP contribution is 2.31. The molecule has 0 radical (unpaired) electrons. The minimum absolute atomic E-state index is 0.0864. The number of nitrogens with one attached hydrogen (secondary N) is 1. The third-order valence-corrected chi connectivity index (χ3v) is 5.92. The Morgan fingerprint density at radius 1 is 0.944 bits per heavy atom. The molecule has 1 amide bonds. The lowest BCUT2D eigenvalue weighted by Gasteiger charge is -2.19. The summed E-state index contributed by atoms with van der Waals surface area (Å²) in [6.07, 6.45) is -1.10. The molecule has 36 heavy (non-hydrogen) atoms. The summed E-state index contributed by atoms with van der Waals surface area (Å²) in [6, 6.07) is 21.7. The number of rotatable bonds is 7. The van der Waals surface area contributed by atoms with Gasteiger partial charge in [-0.1, -0.05) is 48.0 Å². The molecule has 0 saturated heterocycles. The molecule has 1 unspecified atom stereocenters. The van der Waals surface area contributed by atoms with Gasteiger partial charge in [-0.25, -0.2) is 4.79 Å². The standard InChI is InChI=1S/C29H28N2O5/c1-5-35-22-16-14-21(15-17-22)30-27(32)19(3)36-29(34)26-25(20-12-10-18(2)11-13-20)23-8-6-7-9-24(23)28(33)31(26)4/h6-17,19H,5H2,1-4H3,(H,30,32). The predicted molar refractivity (Wildman–Crippen MR) is 140 cm³/mol. The Morgan fingerprint density at radius 3 is 2.22 bits per heavy atom. The summed E-state index contributed by atoms with van der Waals surface area (Å²) in [6.45, 7) is 5.90. The summed E-state index contributed by atoms with van der Waals surface area (Å²) in [5.74, 6) is -0.559. The maximum atomic E-state index is 13.4. The number of carbonyl (C=O) groups excluding carboxylic acids is 2. The zero-order chi connectivity index (χ0) is 25.8. The zero-order valence-electron chi connectivity index (χ0n) is 20.7. The van der Waals surface area contributed by atoms with E-state index in [2.05, 4.69) is 5.32 Å². The number of carbonyl (C=O) groups is 2. The Balaban J connectivity index is 1.66. The number of nitrogens with zero attached hydrogens (tertiary/aromatic N) is 1. The molecule has 1 N–H and O–H groups in total. The van der Waals surface area contributed by atoms with E-state index in [4.69, 9.17) is 9.47 Å². The smallest absolute Gasteiger partial charge is 0.356 e. The van der Waals surface area contributed by atoms with Crippen molar-refractivity contribution in [2.24, 2.45) is 7.05 Å². The lowest BCUT2D eigenvalue weighted by Crippen LogP contribution is -2.32. The van der Waals surface area contributed by atoms with Gasteiger partial charge in [0.15, 0.2) is 6.10 Å². The van der Waals surface area contributed by atoms with Gasteiger partial charge in [-0.05, 0) is 62.1 Å². The van der Waals surface area contributed by atoms with E-state index < -0.39 is 18.0 Å². The quantitative estimate of drug-likeness (QED) is 0.369. The second-order valence-corrected chi connectivity index (χ2v) is 8.49. The summed E-state index contributed by atoms with van der Waals surface area (Å²) in [4.78, 5) is 39.3. The second-order valence-electron chi connectivity index (χ2n) is 8.49. The number of hydrogen-bond acceptors (Lipinski definition) is 5. The number of ether oxygens (including phenoxy) is 2. The minimum Gasteiger partial charge on any atom is -0.494 e. The first-order valence-electron chi connectivity index (χ1n) is 11.7. The number of aromatic nitrogens is 1. The van der Waals surface area contributed by atoms with Crippen LogP contribution in [0.2, 0.25) is 0 Å². The molecule has 0 spiro atoms. The van der Waals surface area contributed by atoms with Gasteiger partial charge in [0.2, 0.25) is 0 Å². The fourth-order valence-corrected chi connectivity index (χ4v) is 4.03. The summed E-state index contributed by atoms with van der Waals surface area (Å²) in [5, 5.41) is 3.87. The number of hydrogen-bond donors (Lipinski definition) is 1. The molecule has 1 aromatic heterocycles. The minimum atomic E-state index is -1.10. The molecule has 0 aliphatic carbocycles. The second kappa shape index (κ2) is 10.5. The number of benzene rings is 3. The third-order valence-electron chi connectivity index (χ3n) is 5.92. The van der Waals surface area contributed by atoms with Gasteiger partial charge in [0.05, 0.1) is 6.61 Å². The maximum Gasteiger partial charge on any atom is 0.356 e. The van der Waals surface area contributed by atoms with E-state index in [1.54, 1.807) is 36.4 Å². The van der Waals surface area contributed by atoms with Gasteiger partial charge in [-0.3, -0.25) is 9.59 Å². The van der Waals surface area contributed by atoms with Crippen molar-refractivity contribution in [3.8, 4) is 16.9 Å². The number of pyridine rings is 1. The SMILES string of the molecule is CCOc1ccc(NC(=O)C(C)OC(=O)c2c(-c3ccc(C)cc3)c3ccccc3c(=O)n2C)cc1. The Bertz CT molecular complexity index is 1470. The van der Waals surface area contributed by atoms with Crippen molar-refractivity contribution >= 4 is 28.3 Å². The zero-order valence-corrected chi connectivity index (χ0v) is 20.7. The molecule has 0 bridgehead atoms. The van der Waals surface area contributed by atoms with Gasteiger partial charge in [0.1, 0.15) is 11.4 Å². The average Bonchev–Trinajstić information content (AvgIpc) is 2.88. The highest BCUT2D eigenvalue weighted by atomic mass is 16.5. The van der Waals surface area contributed by atoms with Gasteiger partial charge in [0, 0.05) is 23.7 Å². The van der Waals surface area contributed by atoms with Crippen LogP contribution in [0.4, 0.5) is 5.69 Å². The van der Waals surface area contributed by atoms with Crippen molar-refractivity contribution < 1.29 is 19.1 Å². The van der Waals surface area contributed by atoms with Crippen LogP contribution in [0.15, 0.2) is 77.6 Å². The van der Waals surface area contributed by atoms with Crippen molar-refractivity contribution in [1.29, 1.82) is 0 Å². The number of esters is 1. The molecule has 4 aromatic rings. The first-order valence-corrected chi connectivity index (χ1v) is 11.7. The normalized spacial score (nSPS) is 11.7. The van der Waals surface area contributed by atoms with Crippen LogP contribution in [-0.2, 0) is 16.6 Å². The number of anilines is 1. The molecule has 1 atom stereocenters. The first-order chi connectivity index (χ1) is 17.3. The number of aryl methyl sites for hydroxylation is 1. The van der Waals surface area contributed by atoms with Crippen LogP contribution >= 0.6 is 0 Å².